The summed E-state index contributed by atoms with van der Waals surface area (Å²) >= 11 is 0. The molecule has 0 saturated heterocycles. The summed E-state index contributed by atoms with van der Waals surface area (Å²) in [6.07, 6.45) is 1.71. The lowest BCUT2D eigenvalue weighted by molar-refractivity contribution is -0.116. The van der Waals surface area contributed by atoms with Gasteiger partial charge in [0.05, 0.1) is 6.61 Å². The third-order valence-electron chi connectivity index (χ3n) is 4.61. The Balaban J connectivity index is 1.97. The molecule has 10 heteroatoms. The molecule has 0 aromatic heterocycles. The van der Waals surface area contributed by atoms with Crippen molar-refractivity contribution in [2.75, 3.05) is 39.2 Å². The van der Waals surface area contributed by atoms with E-state index in [9.17, 15) is 22.8 Å². The lowest BCUT2D eigenvalue weighted by Crippen LogP contribution is -2.21. The van der Waals surface area contributed by atoms with Crippen LogP contribution in [0.3, 0.4) is 0 Å². The van der Waals surface area contributed by atoms with E-state index in [0.29, 0.717) is 12.2 Å². The van der Waals surface area contributed by atoms with Crippen LogP contribution in [-0.4, -0.2) is 50.8 Å². The first-order valence-corrected chi connectivity index (χ1v) is 10.7. The number of anilines is 1. The number of ether oxygens (including phenoxy) is 2. The van der Waals surface area contributed by atoms with Gasteiger partial charge in [-0.15, -0.1) is 0 Å². The van der Waals surface area contributed by atoms with Crippen molar-refractivity contribution in [3.8, 4) is 5.75 Å². The molecule has 0 aliphatic carbocycles. The minimum absolute atomic E-state index is 0.115. The molecular weight excluding hydrogens is 463 g/mol. The van der Waals surface area contributed by atoms with Crippen LogP contribution in [-0.2, 0) is 16.1 Å². The smallest absolute Gasteiger partial charge is 0.411 e. The van der Waals surface area contributed by atoms with Crippen LogP contribution in [0.4, 0.5) is 23.7 Å². The van der Waals surface area contributed by atoms with Crippen molar-refractivity contribution in [3.63, 3.8) is 0 Å². The predicted molar refractivity (Wildman–Crippen MR) is 127 cm³/mol. The second kappa shape index (κ2) is 13.2. The summed E-state index contributed by atoms with van der Waals surface area (Å²) in [4.78, 5) is 25.5. The highest BCUT2D eigenvalue weighted by atomic mass is 19.1. The van der Waals surface area contributed by atoms with Gasteiger partial charge in [-0.05, 0) is 68.6 Å². The van der Waals surface area contributed by atoms with Gasteiger partial charge in [0.2, 0.25) is 5.91 Å². The van der Waals surface area contributed by atoms with E-state index in [1.54, 1.807) is 6.92 Å². The van der Waals surface area contributed by atoms with Crippen LogP contribution in [0.25, 0.3) is 5.57 Å². The first kappa shape index (κ1) is 27.5. The summed E-state index contributed by atoms with van der Waals surface area (Å²) in [7, 11) is 3.62. The van der Waals surface area contributed by atoms with E-state index in [2.05, 4.69) is 17.2 Å². The minimum Gasteiger partial charge on any atom is -0.486 e. The average Bonchev–Trinajstić information content (AvgIpc) is 2.79. The molecule has 2 N–H and O–H groups in total. The van der Waals surface area contributed by atoms with Gasteiger partial charge in [0.1, 0.15) is 12.4 Å². The van der Waals surface area contributed by atoms with Crippen LogP contribution < -0.4 is 15.4 Å². The topological polar surface area (TPSA) is 79.9 Å². The molecule has 0 bridgehead atoms. The molecule has 2 aromatic carbocycles. The molecule has 0 aliphatic rings. The zero-order valence-corrected chi connectivity index (χ0v) is 19.8. The standard InChI is InChI=1S/C25H28F3N3O4/c1-5-34-25(33)30-19-7-8-20(26)18(12-19)15-29-23(32)9-6-16(2)17-13-21(27)24(22(28)14-17)35-11-10-31(3)4/h6-9,12-14H,2,5,10-11,15H2,1,3-4H3,(H,29,32)(H,30,33)/b9-6-. The van der Waals surface area contributed by atoms with Gasteiger partial charge in [-0.3, -0.25) is 10.1 Å². The normalized spacial score (nSPS) is 10.9. The molecule has 0 spiro atoms. The molecular formula is C25H28F3N3O4. The van der Waals surface area contributed by atoms with Crippen LogP contribution in [0.15, 0.2) is 49.1 Å². The first-order valence-electron chi connectivity index (χ1n) is 10.7. The van der Waals surface area contributed by atoms with Crippen molar-refractivity contribution in [2.45, 2.75) is 13.5 Å². The fourth-order valence-electron chi connectivity index (χ4n) is 2.80. The van der Waals surface area contributed by atoms with Crippen LogP contribution in [0, 0.1) is 17.5 Å². The maximum Gasteiger partial charge on any atom is 0.411 e. The van der Waals surface area contributed by atoms with Gasteiger partial charge in [0, 0.05) is 30.4 Å². The fourth-order valence-corrected chi connectivity index (χ4v) is 2.80. The van der Waals surface area contributed by atoms with Gasteiger partial charge >= 0.3 is 6.09 Å². The molecule has 0 fully saturated rings. The van der Waals surface area contributed by atoms with Gasteiger partial charge in [-0.2, -0.15) is 0 Å². The highest BCUT2D eigenvalue weighted by Gasteiger charge is 2.14. The van der Waals surface area contributed by atoms with Crippen LogP contribution in [0.1, 0.15) is 18.1 Å². The molecule has 35 heavy (non-hydrogen) atoms. The van der Waals surface area contributed by atoms with Crippen LogP contribution in [0.2, 0.25) is 0 Å². The molecule has 2 aromatic rings. The van der Waals surface area contributed by atoms with Crippen molar-refractivity contribution in [1.82, 2.24) is 10.2 Å². The number of nitrogens with zero attached hydrogens (tertiary/aromatic N) is 1. The maximum absolute atomic E-state index is 14.3. The molecule has 0 unspecified atom stereocenters. The molecule has 7 nitrogen and oxygen atoms in total. The second-order valence-corrected chi connectivity index (χ2v) is 7.65. The Labute approximate surface area is 202 Å². The summed E-state index contributed by atoms with van der Waals surface area (Å²) in [6.45, 7) is 5.99. The Morgan fingerprint density at radius 3 is 2.37 bits per heavy atom. The van der Waals surface area contributed by atoms with Crippen LogP contribution in [0.5, 0.6) is 5.75 Å². The van der Waals surface area contributed by atoms with Crippen molar-refractivity contribution in [2.24, 2.45) is 0 Å². The van der Waals surface area contributed by atoms with Crippen molar-refractivity contribution >= 4 is 23.3 Å². The Kier molecular flexibility index (Phi) is 10.3. The summed E-state index contributed by atoms with van der Waals surface area (Å²) in [5.74, 6) is -3.41. The monoisotopic (exact) mass is 491 g/mol. The molecule has 0 aliphatic heterocycles. The number of hydrogen-bond acceptors (Lipinski definition) is 5. The molecule has 2 rings (SSSR count). The van der Waals surface area contributed by atoms with Crippen molar-refractivity contribution in [3.05, 3.63) is 77.6 Å². The van der Waals surface area contributed by atoms with E-state index in [4.69, 9.17) is 9.47 Å². The first-order chi connectivity index (χ1) is 16.6. The van der Waals surface area contributed by atoms with Gasteiger partial charge in [0.15, 0.2) is 17.4 Å². The largest absolute Gasteiger partial charge is 0.486 e. The zero-order chi connectivity index (χ0) is 26.0. The van der Waals surface area contributed by atoms with Crippen LogP contribution >= 0.6 is 0 Å². The number of allylic oxidation sites excluding steroid dienone is 2. The number of hydrogen-bond donors (Lipinski definition) is 2. The molecule has 0 saturated carbocycles. The summed E-state index contributed by atoms with van der Waals surface area (Å²) in [5.41, 5.74) is 0.752. The quantitative estimate of drug-likeness (QED) is 0.358. The summed E-state index contributed by atoms with van der Waals surface area (Å²) in [6, 6.07) is 6.01. The number of carbonyl (C=O) groups is 2. The molecule has 188 valence electrons. The molecule has 2 amide bonds. The fraction of sp³-hybridized carbons (Fsp3) is 0.280. The van der Waals surface area contributed by atoms with Crippen molar-refractivity contribution in [1.29, 1.82) is 0 Å². The number of carbonyl (C=O) groups excluding carboxylic acids is 2. The number of amides is 2. The molecule has 0 radical (unpaired) electrons. The number of benzene rings is 2. The third-order valence-corrected chi connectivity index (χ3v) is 4.61. The average molecular weight is 492 g/mol. The Morgan fingerprint density at radius 2 is 1.74 bits per heavy atom. The highest BCUT2D eigenvalue weighted by molar-refractivity contribution is 5.91. The Bertz CT molecular complexity index is 1080. The minimum atomic E-state index is -0.885. The van der Waals surface area contributed by atoms with E-state index >= 15 is 0 Å². The number of halogens is 3. The van der Waals surface area contributed by atoms with Gasteiger partial charge in [-0.25, -0.2) is 18.0 Å². The van der Waals surface area contributed by atoms with Gasteiger partial charge < -0.3 is 19.7 Å². The second-order valence-electron chi connectivity index (χ2n) is 7.65. The lowest BCUT2D eigenvalue weighted by Gasteiger charge is -2.13. The van der Waals surface area contributed by atoms with Gasteiger partial charge in [0.25, 0.3) is 0 Å². The maximum atomic E-state index is 14.3. The van der Waals surface area contributed by atoms with E-state index in [0.717, 1.165) is 24.3 Å². The van der Waals surface area contributed by atoms with E-state index < -0.39 is 35.2 Å². The highest BCUT2D eigenvalue weighted by Crippen LogP contribution is 2.26. The van der Waals surface area contributed by atoms with E-state index in [1.165, 1.54) is 18.2 Å². The Morgan fingerprint density at radius 1 is 1.06 bits per heavy atom. The Hall–Kier alpha value is -3.79. The van der Waals surface area contributed by atoms with E-state index in [-0.39, 0.29) is 36.5 Å². The summed E-state index contributed by atoms with van der Waals surface area (Å²) < 4.78 is 52.6. The lowest BCUT2D eigenvalue weighted by atomic mass is 10.1. The van der Waals surface area contributed by atoms with Gasteiger partial charge in [-0.1, -0.05) is 6.58 Å². The predicted octanol–water partition coefficient (Wildman–Crippen LogP) is 4.50. The number of rotatable bonds is 11. The van der Waals surface area contributed by atoms with Crippen molar-refractivity contribution < 1.29 is 32.2 Å². The number of likely N-dealkylation sites (N-methyl/N-ethyl adjacent to an activating group) is 1. The SMILES string of the molecule is C=C(/C=C\C(=O)NCc1cc(NC(=O)OCC)ccc1F)c1cc(F)c(OCCN(C)C)c(F)c1. The molecule has 0 atom stereocenters. The number of nitrogens with one attached hydrogen (secondary N) is 2. The summed E-state index contributed by atoms with van der Waals surface area (Å²) in [5, 5.41) is 4.94. The third kappa shape index (κ3) is 8.82. The zero-order valence-electron chi connectivity index (χ0n) is 19.8. The molecule has 0 heterocycles. The van der Waals surface area contributed by atoms with E-state index in [1.807, 2.05) is 19.0 Å².